The van der Waals surface area contributed by atoms with Crippen LogP contribution >= 0.6 is 0 Å². The lowest BCUT2D eigenvalue weighted by molar-refractivity contribution is 0.0408. The number of rotatable bonds is 6. The number of amidine groups is 1. The first-order valence-corrected chi connectivity index (χ1v) is 12.7. The number of aliphatic imine (C=N–C) groups is 1. The van der Waals surface area contributed by atoms with E-state index in [9.17, 15) is 18.7 Å². The minimum absolute atomic E-state index is 0.00677. The number of nitrogens with two attached hydrogens (primary N) is 1. The van der Waals surface area contributed by atoms with Crippen molar-refractivity contribution in [3.63, 3.8) is 0 Å². The molecule has 0 spiro atoms. The first kappa shape index (κ1) is 24.9. The Morgan fingerprint density at radius 2 is 1.90 bits per heavy atom. The van der Waals surface area contributed by atoms with Gasteiger partial charge in [0.25, 0.3) is 5.91 Å². The first-order valence-electron chi connectivity index (χ1n) is 12.7. The van der Waals surface area contributed by atoms with Crippen LogP contribution in [-0.2, 0) is 0 Å². The van der Waals surface area contributed by atoms with E-state index in [2.05, 4.69) is 15.3 Å². The highest BCUT2D eigenvalue weighted by molar-refractivity contribution is 6.01. The summed E-state index contributed by atoms with van der Waals surface area (Å²) < 4.78 is 29.9. The standard InChI is InChI=1S/C27H26F2N8O2/c1-3-20(24-34-19-11-18(29)17(28)10-16(19)27(39)36(24)15-8-9-15)37-25-21(23(30)32-12-33-25)22(35-37)13-4-6-14(7-5-13)26(38)31-2/h4-7,10-12,15,20,27,39H,3,8-9H2,1-2H3,(H,31,38)(H2,30,32,33). The van der Waals surface area contributed by atoms with Gasteiger partial charge in [-0.3, -0.25) is 4.79 Å². The van der Waals surface area contributed by atoms with E-state index < -0.39 is 23.9 Å². The molecular weight excluding hydrogens is 506 g/mol. The molecule has 4 aromatic rings. The van der Waals surface area contributed by atoms with Crippen molar-refractivity contribution in [2.24, 2.45) is 4.99 Å². The van der Waals surface area contributed by atoms with E-state index in [0.29, 0.717) is 40.1 Å². The van der Waals surface area contributed by atoms with Gasteiger partial charge in [-0.1, -0.05) is 19.1 Å². The topological polar surface area (TPSA) is 135 Å². The average Bonchev–Trinajstić information content (AvgIpc) is 3.70. The van der Waals surface area contributed by atoms with Gasteiger partial charge < -0.3 is 21.1 Å². The summed E-state index contributed by atoms with van der Waals surface area (Å²) in [7, 11) is 1.56. The van der Waals surface area contributed by atoms with Crippen molar-refractivity contribution in [2.45, 2.75) is 44.5 Å². The molecule has 2 aliphatic rings. The molecule has 39 heavy (non-hydrogen) atoms. The van der Waals surface area contributed by atoms with E-state index in [-0.39, 0.29) is 29.0 Å². The molecule has 1 amide bonds. The normalized spacial score (nSPS) is 17.6. The predicted molar refractivity (Wildman–Crippen MR) is 141 cm³/mol. The summed E-state index contributed by atoms with van der Waals surface area (Å²) in [6, 6.07) is 8.43. The van der Waals surface area contributed by atoms with Crippen LogP contribution in [0.5, 0.6) is 0 Å². The van der Waals surface area contributed by atoms with Crippen molar-refractivity contribution in [3.05, 3.63) is 65.5 Å². The summed E-state index contributed by atoms with van der Waals surface area (Å²) in [4.78, 5) is 27.2. The van der Waals surface area contributed by atoms with Crippen LogP contribution in [0.15, 0.2) is 47.7 Å². The lowest BCUT2D eigenvalue weighted by atomic mass is 10.0. The number of anilines is 1. The number of carbonyl (C=O) groups is 1. The molecule has 2 aromatic heterocycles. The zero-order valence-electron chi connectivity index (χ0n) is 21.3. The van der Waals surface area contributed by atoms with E-state index in [4.69, 9.17) is 15.8 Å². The second kappa shape index (κ2) is 9.38. The second-order valence-electron chi connectivity index (χ2n) is 9.64. The molecule has 1 fully saturated rings. The lowest BCUT2D eigenvalue weighted by Gasteiger charge is -2.38. The Kier molecular flexibility index (Phi) is 5.98. The van der Waals surface area contributed by atoms with Crippen LogP contribution < -0.4 is 11.1 Å². The zero-order chi connectivity index (χ0) is 27.4. The molecule has 10 nitrogen and oxygen atoms in total. The van der Waals surface area contributed by atoms with Crippen molar-refractivity contribution in [1.29, 1.82) is 0 Å². The summed E-state index contributed by atoms with van der Waals surface area (Å²) in [5.74, 6) is -1.57. The van der Waals surface area contributed by atoms with Gasteiger partial charge in [0.05, 0.1) is 11.1 Å². The Hall–Kier alpha value is -4.45. The monoisotopic (exact) mass is 532 g/mol. The van der Waals surface area contributed by atoms with Crippen LogP contribution in [0.1, 0.15) is 54.4 Å². The molecule has 12 heteroatoms. The Balaban J connectivity index is 1.52. The summed E-state index contributed by atoms with van der Waals surface area (Å²) in [6.07, 6.45) is 2.34. The second-order valence-corrected chi connectivity index (χ2v) is 9.64. The maximum atomic E-state index is 14.2. The number of hydrogen-bond donors (Lipinski definition) is 3. The molecule has 2 aromatic carbocycles. The molecule has 3 heterocycles. The number of aliphatic hydroxyl groups is 1. The molecule has 1 aliphatic heterocycles. The molecule has 0 radical (unpaired) electrons. The Bertz CT molecular complexity index is 1630. The van der Waals surface area contributed by atoms with Crippen LogP contribution in [-0.4, -0.2) is 54.6 Å². The minimum Gasteiger partial charge on any atom is -0.383 e. The van der Waals surface area contributed by atoms with E-state index in [1.807, 2.05) is 6.92 Å². The van der Waals surface area contributed by atoms with Gasteiger partial charge in [-0.15, -0.1) is 0 Å². The smallest absolute Gasteiger partial charge is 0.251 e. The van der Waals surface area contributed by atoms with Gasteiger partial charge in [0.15, 0.2) is 23.5 Å². The van der Waals surface area contributed by atoms with Crippen molar-refractivity contribution in [2.75, 3.05) is 12.8 Å². The number of aliphatic hydroxyl groups excluding tert-OH is 1. The third kappa shape index (κ3) is 4.07. The largest absolute Gasteiger partial charge is 0.383 e. The van der Waals surface area contributed by atoms with E-state index in [0.717, 1.165) is 25.0 Å². The fourth-order valence-electron chi connectivity index (χ4n) is 5.10. The highest BCUT2D eigenvalue weighted by Gasteiger charge is 2.43. The van der Waals surface area contributed by atoms with Crippen molar-refractivity contribution in [1.82, 2.24) is 30.0 Å². The van der Waals surface area contributed by atoms with E-state index in [1.54, 1.807) is 40.9 Å². The molecule has 2 unspecified atom stereocenters. The van der Waals surface area contributed by atoms with Crippen LogP contribution in [0, 0.1) is 11.6 Å². The number of nitrogens with one attached hydrogen (secondary N) is 1. The van der Waals surface area contributed by atoms with E-state index >= 15 is 0 Å². The Morgan fingerprint density at radius 1 is 1.18 bits per heavy atom. The van der Waals surface area contributed by atoms with Gasteiger partial charge in [-0.05, 0) is 37.5 Å². The van der Waals surface area contributed by atoms with Crippen LogP contribution in [0.3, 0.4) is 0 Å². The number of hydrogen-bond acceptors (Lipinski definition) is 8. The first-order chi connectivity index (χ1) is 18.8. The predicted octanol–water partition coefficient (Wildman–Crippen LogP) is 3.86. The fraction of sp³-hybridized carbons (Fsp3) is 0.296. The lowest BCUT2D eigenvalue weighted by Crippen LogP contribution is -2.43. The van der Waals surface area contributed by atoms with Gasteiger partial charge in [0.2, 0.25) is 0 Å². The average molecular weight is 533 g/mol. The molecule has 6 rings (SSSR count). The third-order valence-corrected chi connectivity index (χ3v) is 7.20. The summed E-state index contributed by atoms with van der Waals surface area (Å²) in [5, 5.41) is 19.3. The van der Waals surface area contributed by atoms with Gasteiger partial charge in [-0.25, -0.2) is 28.4 Å². The Labute approximate surface area is 222 Å². The van der Waals surface area contributed by atoms with Crippen molar-refractivity contribution in [3.8, 4) is 11.3 Å². The number of nitrogen functional groups attached to an aromatic ring is 1. The maximum absolute atomic E-state index is 14.2. The molecule has 4 N–H and O–H groups in total. The molecule has 200 valence electrons. The molecule has 2 atom stereocenters. The number of aromatic nitrogens is 4. The Morgan fingerprint density at radius 3 is 2.56 bits per heavy atom. The highest BCUT2D eigenvalue weighted by Crippen LogP contribution is 2.44. The van der Waals surface area contributed by atoms with Crippen LogP contribution in [0.25, 0.3) is 22.3 Å². The zero-order valence-corrected chi connectivity index (χ0v) is 21.3. The van der Waals surface area contributed by atoms with Crippen LogP contribution in [0.4, 0.5) is 20.3 Å². The fourth-order valence-corrected chi connectivity index (χ4v) is 5.10. The third-order valence-electron chi connectivity index (χ3n) is 7.20. The van der Waals surface area contributed by atoms with Crippen molar-refractivity contribution < 1.29 is 18.7 Å². The van der Waals surface area contributed by atoms with Gasteiger partial charge in [-0.2, -0.15) is 5.10 Å². The number of halogens is 2. The van der Waals surface area contributed by atoms with Crippen molar-refractivity contribution >= 4 is 34.3 Å². The van der Waals surface area contributed by atoms with E-state index in [1.165, 1.54) is 6.33 Å². The van der Waals surface area contributed by atoms with Gasteiger partial charge >= 0.3 is 0 Å². The number of amides is 1. The summed E-state index contributed by atoms with van der Waals surface area (Å²) in [5.41, 5.74) is 8.87. The molecular formula is C27H26F2N8O2. The number of benzene rings is 2. The highest BCUT2D eigenvalue weighted by atomic mass is 19.2. The van der Waals surface area contributed by atoms with Gasteiger partial charge in [0, 0.05) is 35.8 Å². The summed E-state index contributed by atoms with van der Waals surface area (Å²) in [6.45, 7) is 1.95. The quantitative estimate of drug-likeness (QED) is 0.343. The summed E-state index contributed by atoms with van der Waals surface area (Å²) >= 11 is 0. The van der Waals surface area contributed by atoms with Gasteiger partial charge in [0.1, 0.15) is 29.7 Å². The minimum atomic E-state index is -1.19. The molecule has 0 bridgehead atoms. The number of fused-ring (bicyclic) bond motifs is 2. The van der Waals surface area contributed by atoms with Crippen LogP contribution in [0.2, 0.25) is 0 Å². The molecule has 1 aliphatic carbocycles. The maximum Gasteiger partial charge on any atom is 0.251 e. The number of nitrogens with zero attached hydrogens (tertiary/aromatic N) is 6. The number of carbonyl (C=O) groups excluding carboxylic acids is 1. The molecule has 0 saturated heterocycles. The molecule has 1 saturated carbocycles. The SMILES string of the molecule is CCC(C1=Nc2cc(F)c(F)cc2C(O)N1C1CC1)n1nc(-c2ccc(C(=O)NC)cc2)c2c(N)ncnc21.